The van der Waals surface area contributed by atoms with Crippen molar-refractivity contribution >= 4 is 0 Å². The molecule has 0 spiro atoms. The Bertz CT molecular complexity index is 499. The second kappa shape index (κ2) is 13.2. The van der Waals surface area contributed by atoms with E-state index in [4.69, 9.17) is 4.74 Å². The first-order chi connectivity index (χ1) is 13.2. The summed E-state index contributed by atoms with van der Waals surface area (Å²) in [5.41, 5.74) is 3.01. The molecule has 0 aliphatic heterocycles. The normalized spacial score (nSPS) is 20.0. The zero-order chi connectivity index (χ0) is 19.3. The molecule has 154 valence electrons. The first-order valence-corrected chi connectivity index (χ1v) is 12.0. The molecule has 1 aliphatic rings. The predicted molar refractivity (Wildman–Crippen MR) is 119 cm³/mol. The summed E-state index contributed by atoms with van der Waals surface area (Å²) in [5.74, 6) is 2.83. The van der Waals surface area contributed by atoms with E-state index in [-0.39, 0.29) is 0 Å². The molecule has 0 aromatic heterocycles. The van der Waals surface area contributed by atoms with Crippen molar-refractivity contribution in [2.24, 2.45) is 5.92 Å². The van der Waals surface area contributed by atoms with Gasteiger partial charge in [0.15, 0.2) is 0 Å². The van der Waals surface area contributed by atoms with Gasteiger partial charge in [-0.15, -0.1) is 0 Å². The summed E-state index contributed by atoms with van der Waals surface area (Å²) in [6.07, 6.45) is 19.5. The first-order valence-electron chi connectivity index (χ1n) is 12.0. The molecule has 1 aromatic rings. The standard InChI is InChI=1S/C26H44O/c1-4-6-8-9-10-11-12-13-23-14-16-24(17-15-23)26-19-18-25(21-22(26)3)27-20-7-5-2/h18-19,21,23-24H,4-17,20H2,1-3H3/t23-,24-. The number of hydrogen-bond donors (Lipinski definition) is 0. The molecule has 0 N–H and O–H groups in total. The number of unbranched alkanes of at least 4 members (excludes halogenated alkanes) is 7. The summed E-state index contributed by atoms with van der Waals surface area (Å²) < 4.78 is 5.87. The first kappa shape index (κ1) is 22.3. The van der Waals surface area contributed by atoms with E-state index in [0.717, 1.165) is 30.6 Å². The maximum atomic E-state index is 5.87. The molecule has 1 heteroatoms. The molecule has 0 bridgehead atoms. The Kier molecular flexibility index (Phi) is 10.9. The lowest BCUT2D eigenvalue weighted by Gasteiger charge is -2.30. The van der Waals surface area contributed by atoms with Crippen LogP contribution >= 0.6 is 0 Å². The van der Waals surface area contributed by atoms with Crippen molar-refractivity contribution in [3.8, 4) is 5.75 Å². The van der Waals surface area contributed by atoms with Crippen LogP contribution in [0.3, 0.4) is 0 Å². The largest absolute Gasteiger partial charge is 0.494 e. The van der Waals surface area contributed by atoms with Crippen LogP contribution in [0.4, 0.5) is 0 Å². The van der Waals surface area contributed by atoms with Crippen LogP contribution in [0, 0.1) is 12.8 Å². The molecule has 1 fully saturated rings. The third-order valence-corrected chi connectivity index (χ3v) is 6.51. The zero-order valence-corrected chi connectivity index (χ0v) is 18.4. The highest BCUT2D eigenvalue weighted by Crippen LogP contribution is 2.39. The lowest BCUT2D eigenvalue weighted by atomic mass is 9.76. The molecule has 2 rings (SSSR count). The topological polar surface area (TPSA) is 9.23 Å². The van der Waals surface area contributed by atoms with Gasteiger partial charge in [-0.25, -0.2) is 0 Å². The van der Waals surface area contributed by atoms with E-state index >= 15 is 0 Å². The highest BCUT2D eigenvalue weighted by atomic mass is 16.5. The maximum absolute atomic E-state index is 5.87. The Morgan fingerprint density at radius 3 is 2.15 bits per heavy atom. The molecule has 1 saturated carbocycles. The molecule has 0 saturated heterocycles. The van der Waals surface area contributed by atoms with Gasteiger partial charge >= 0.3 is 0 Å². The number of ether oxygens (including phenoxy) is 1. The van der Waals surface area contributed by atoms with Gasteiger partial charge in [0.25, 0.3) is 0 Å². The zero-order valence-electron chi connectivity index (χ0n) is 18.4. The van der Waals surface area contributed by atoms with Crippen LogP contribution in [0.5, 0.6) is 5.75 Å². The van der Waals surface area contributed by atoms with Gasteiger partial charge in [-0.3, -0.25) is 0 Å². The average molecular weight is 373 g/mol. The quantitative estimate of drug-likeness (QED) is 0.315. The number of benzene rings is 1. The van der Waals surface area contributed by atoms with Crippen LogP contribution in [0.2, 0.25) is 0 Å². The Morgan fingerprint density at radius 1 is 0.815 bits per heavy atom. The third-order valence-electron chi connectivity index (χ3n) is 6.51. The summed E-state index contributed by atoms with van der Waals surface area (Å²) in [6.45, 7) is 7.63. The average Bonchev–Trinajstić information content (AvgIpc) is 2.68. The summed E-state index contributed by atoms with van der Waals surface area (Å²) in [4.78, 5) is 0. The number of hydrogen-bond acceptors (Lipinski definition) is 1. The highest BCUT2D eigenvalue weighted by molar-refractivity contribution is 5.37. The van der Waals surface area contributed by atoms with E-state index in [1.807, 2.05) is 0 Å². The number of aryl methyl sites for hydroxylation is 1. The van der Waals surface area contributed by atoms with Crippen molar-refractivity contribution in [3.05, 3.63) is 29.3 Å². The van der Waals surface area contributed by atoms with E-state index in [9.17, 15) is 0 Å². The lowest BCUT2D eigenvalue weighted by molar-refractivity contribution is 0.299. The van der Waals surface area contributed by atoms with Gasteiger partial charge in [-0.05, 0) is 74.1 Å². The van der Waals surface area contributed by atoms with Crippen LogP contribution < -0.4 is 4.74 Å². The molecule has 0 unspecified atom stereocenters. The lowest BCUT2D eigenvalue weighted by Crippen LogP contribution is -2.14. The van der Waals surface area contributed by atoms with Gasteiger partial charge in [0.05, 0.1) is 6.61 Å². The minimum atomic E-state index is 0.778. The van der Waals surface area contributed by atoms with E-state index < -0.39 is 0 Å². The van der Waals surface area contributed by atoms with Crippen LogP contribution in [0.25, 0.3) is 0 Å². The minimum Gasteiger partial charge on any atom is -0.494 e. The van der Waals surface area contributed by atoms with Crippen LogP contribution in [0.1, 0.15) is 121 Å². The van der Waals surface area contributed by atoms with Crippen LogP contribution in [-0.4, -0.2) is 6.61 Å². The van der Waals surface area contributed by atoms with Gasteiger partial charge in [-0.1, -0.05) is 77.7 Å². The van der Waals surface area contributed by atoms with Gasteiger partial charge in [-0.2, -0.15) is 0 Å². The molecule has 0 amide bonds. The Labute approximate surface area is 169 Å². The van der Waals surface area contributed by atoms with Gasteiger partial charge in [0.1, 0.15) is 5.75 Å². The van der Waals surface area contributed by atoms with Gasteiger partial charge in [0.2, 0.25) is 0 Å². The smallest absolute Gasteiger partial charge is 0.119 e. The molecular weight excluding hydrogens is 328 g/mol. The fourth-order valence-corrected chi connectivity index (χ4v) is 4.68. The summed E-state index contributed by atoms with van der Waals surface area (Å²) >= 11 is 0. The fraction of sp³-hybridized carbons (Fsp3) is 0.769. The van der Waals surface area contributed by atoms with Crippen LogP contribution in [0.15, 0.2) is 18.2 Å². The SMILES string of the molecule is CCCCCCCCC[C@H]1CC[C@H](c2ccc(OCCCC)cc2C)CC1. The summed E-state index contributed by atoms with van der Waals surface area (Å²) in [7, 11) is 0. The van der Waals surface area contributed by atoms with Crippen LogP contribution in [-0.2, 0) is 0 Å². The fourth-order valence-electron chi connectivity index (χ4n) is 4.68. The summed E-state index contributed by atoms with van der Waals surface area (Å²) in [5, 5.41) is 0. The highest BCUT2D eigenvalue weighted by Gasteiger charge is 2.23. The second-order valence-corrected chi connectivity index (χ2v) is 8.85. The van der Waals surface area contributed by atoms with Gasteiger partial charge in [0, 0.05) is 0 Å². The van der Waals surface area contributed by atoms with E-state index in [1.54, 1.807) is 5.56 Å². The molecule has 1 nitrogen and oxygen atoms in total. The molecule has 1 aromatic carbocycles. The molecule has 1 aliphatic carbocycles. The van der Waals surface area contributed by atoms with Gasteiger partial charge < -0.3 is 4.74 Å². The van der Waals surface area contributed by atoms with E-state index in [1.165, 1.54) is 89.0 Å². The molecule has 0 atom stereocenters. The van der Waals surface area contributed by atoms with E-state index in [0.29, 0.717) is 0 Å². The third kappa shape index (κ3) is 8.28. The maximum Gasteiger partial charge on any atom is 0.119 e. The minimum absolute atomic E-state index is 0.778. The summed E-state index contributed by atoms with van der Waals surface area (Å²) in [6, 6.07) is 6.80. The second-order valence-electron chi connectivity index (χ2n) is 8.85. The van der Waals surface area contributed by atoms with Crippen molar-refractivity contribution in [2.75, 3.05) is 6.61 Å². The number of rotatable bonds is 13. The van der Waals surface area contributed by atoms with Crippen molar-refractivity contribution in [1.82, 2.24) is 0 Å². The molecule has 0 radical (unpaired) electrons. The van der Waals surface area contributed by atoms with Crippen molar-refractivity contribution in [3.63, 3.8) is 0 Å². The molecule has 27 heavy (non-hydrogen) atoms. The Hall–Kier alpha value is -0.980. The Balaban J connectivity index is 1.66. The molecule has 0 heterocycles. The van der Waals surface area contributed by atoms with Crippen molar-refractivity contribution in [2.45, 2.75) is 117 Å². The molecular formula is C26H44O. The Morgan fingerprint density at radius 2 is 1.48 bits per heavy atom. The van der Waals surface area contributed by atoms with Crippen molar-refractivity contribution in [1.29, 1.82) is 0 Å². The van der Waals surface area contributed by atoms with Crippen molar-refractivity contribution < 1.29 is 4.74 Å². The monoisotopic (exact) mass is 372 g/mol. The predicted octanol–water partition coefficient (Wildman–Crippen LogP) is 8.59. The van der Waals surface area contributed by atoms with E-state index in [2.05, 4.69) is 39.0 Å².